The zero-order valence-electron chi connectivity index (χ0n) is 12.9. The van der Waals surface area contributed by atoms with Crippen LogP contribution in [0.3, 0.4) is 0 Å². The second-order valence-electron chi connectivity index (χ2n) is 6.34. The molecule has 0 radical (unpaired) electrons. The molecule has 1 rings (SSSR count). The van der Waals surface area contributed by atoms with Crippen molar-refractivity contribution in [2.24, 2.45) is 5.92 Å². The Labute approximate surface area is 116 Å². The van der Waals surface area contributed by atoms with Crippen molar-refractivity contribution in [2.75, 3.05) is 46.9 Å². The van der Waals surface area contributed by atoms with Crippen LogP contribution in [0.5, 0.6) is 0 Å². The fraction of sp³-hybridized carbons (Fsp3) is 0.929. The molecule has 5 nitrogen and oxygen atoms in total. The average molecular weight is 272 g/mol. The number of methoxy groups -OCH3 is 1. The molecule has 0 aliphatic carbocycles. The fourth-order valence-corrected chi connectivity index (χ4v) is 2.25. The molecule has 0 spiro atoms. The van der Waals surface area contributed by atoms with E-state index in [1.807, 2.05) is 25.7 Å². The van der Waals surface area contributed by atoms with Gasteiger partial charge in [0.25, 0.3) is 0 Å². The summed E-state index contributed by atoms with van der Waals surface area (Å²) < 4.78 is 10.5. The maximum Gasteiger partial charge on any atom is 0.410 e. The molecule has 1 heterocycles. The van der Waals surface area contributed by atoms with Gasteiger partial charge in [-0.15, -0.1) is 0 Å². The highest BCUT2D eigenvalue weighted by Gasteiger charge is 2.30. The molecule has 5 heteroatoms. The quantitative estimate of drug-likeness (QED) is 0.765. The minimum absolute atomic E-state index is 0.186. The Kier molecular flexibility index (Phi) is 6.07. The molecule has 1 aliphatic rings. The van der Waals surface area contributed by atoms with Crippen molar-refractivity contribution in [2.45, 2.75) is 32.8 Å². The SMILES string of the molecule is COCCN(C)CC1CCN(C(=O)OC(C)(C)C)C1. The Morgan fingerprint density at radius 2 is 2.11 bits per heavy atom. The Morgan fingerprint density at radius 1 is 1.42 bits per heavy atom. The van der Waals surface area contributed by atoms with E-state index in [9.17, 15) is 4.79 Å². The Balaban J connectivity index is 2.31. The summed E-state index contributed by atoms with van der Waals surface area (Å²) in [7, 11) is 3.81. The summed E-state index contributed by atoms with van der Waals surface area (Å²) in [6.45, 7) is 9.98. The lowest BCUT2D eigenvalue weighted by atomic mass is 10.1. The van der Waals surface area contributed by atoms with Crippen molar-refractivity contribution in [3.8, 4) is 0 Å². The summed E-state index contributed by atoms with van der Waals surface area (Å²) in [5.41, 5.74) is -0.412. The minimum atomic E-state index is -0.412. The Bertz CT molecular complexity index is 289. The van der Waals surface area contributed by atoms with E-state index in [1.54, 1.807) is 7.11 Å². The van der Waals surface area contributed by atoms with E-state index >= 15 is 0 Å². The molecule has 112 valence electrons. The maximum absolute atomic E-state index is 11.9. The van der Waals surface area contributed by atoms with Crippen LogP contribution in [0, 0.1) is 5.92 Å². The number of amides is 1. The summed E-state index contributed by atoms with van der Waals surface area (Å²) in [5, 5.41) is 0. The van der Waals surface area contributed by atoms with Crippen LogP contribution >= 0.6 is 0 Å². The van der Waals surface area contributed by atoms with Gasteiger partial charge in [-0.05, 0) is 40.2 Å². The highest BCUT2D eigenvalue weighted by molar-refractivity contribution is 5.68. The molecule has 0 saturated carbocycles. The molecular weight excluding hydrogens is 244 g/mol. The van der Waals surface area contributed by atoms with Gasteiger partial charge in [0.15, 0.2) is 0 Å². The first-order valence-corrected chi connectivity index (χ1v) is 6.97. The predicted octanol–water partition coefficient (Wildman–Crippen LogP) is 1.82. The van der Waals surface area contributed by atoms with Crippen molar-refractivity contribution in [3.63, 3.8) is 0 Å². The Morgan fingerprint density at radius 3 is 2.68 bits per heavy atom. The minimum Gasteiger partial charge on any atom is -0.444 e. The van der Waals surface area contributed by atoms with Gasteiger partial charge in [-0.2, -0.15) is 0 Å². The lowest BCUT2D eigenvalue weighted by molar-refractivity contribution is 0.0285. The second kappa shape index (κ2) is 7.10. The summed E-state index contributed by atoms with van der Waals surface area (Å²) in [6, 6.07) is 0. The van der Waals surface area contributed by atoms with Crippen LogP contribution < -0.4 is 0 Å². The highest BCUT2D eigenvalue weighted by Crippen LogP contribution is 2.20. The number of hydrogen-bond acceptors (Lipinski definition) is 4. The van der Waals surface area contributed by atoms with Gasteiger partial charge in [0.1, 0.15) is 5.60 Å². The molecular formula is C14H28N2O3. The molecule has 0 bridgehead atoms. The monoisotopic (exact) mass is 272 g/mol. The fourth-order valence-electron chi connectivity index (χ4n) is 2.25. The number of rotatable bonds is 5. The van der Waals surface area contributed by atoms with Crippen LogP contribution in [0.4, 0.5) is 4.79 Å². The first-order chi connectivity index (χ1) is 8.81. The third-order valence-corrected chi connectivity index (χ3v) is 3.18. The molecule has 1 amide bonds. The van der Waals surface area contributed by atoms with Gasteiger partial charge in [0, 0.05) is 33.3 Å². The normalized spacial score (nSPS) is 20.1. The van der Waals surface area contributed by atoms with Crippen LogP contribution in [0.2, 0.25) is 0 Å². The van der Waals surface area contributed by atoms with Crippen molar-refractivity contribution in [1.82, 2.24) is 9.80 Å². The molecule has 0 aromatic rings. The van der Waals surface area contributed by atoms with E-state index in [1.165, 1.54) is 0 Å². The van der Waals surface area contributed by atoms with Gasteiger partial charge < -0.3 is 19.3 Å². The van der Waals surface area contributed by atoms with Crippen molar-refractivity contribution in [1.29, 1.82) is 0 Å². The van der Waals surface area contributed by atoms with Crippen molar-refractivity contribution in [3.05, 3.63) is 0 Å². The summed E-state index contributed by atoms with van der Waals surface area (Å²) >= 11 is 0. The average Bonchev–Trinajstić information content (AvgIpc) is 2.72. The van der Waals surface area contributed by atoms with Crippen LogP contribution in [0.15, 0.2) is 0 Å². The van der Waals surface area contributed by atoms with Crippen LogP contribution in [0.25, 0.3) is 0 Å². The summed E-state index contributed by atoms with van der Waals surface area (Å²) in [4.78, 5) is 16.0. The third-order valence-electron chi connectivity index (χ3n) is 3.18. The van der Waals surface area contributed by atoms with E-state index in [-0.39, 0.29) is 6.09 Å². The molecule has 0 N–H and O–H groups in total. The number of carbonyl (C=O) groups is 1. The second-order valence-corrected chi connectivity index (χ2v) is 6.34. The zero-order chi connectivity index (χ0) is 14.5. The van der Waals surface area contributed by atoms with Gasteiger partial charge in [-0.3, -0.25) is 0 Å². The number of nitrogens with zero attached hydrogens (tertiary/aromatic N) is 2. The molecule has 19 heavy (non-hydrogen) atoms. The summed E-state index contributed by atoms with van der Waals surface area (Å²) in [5.74, 6) is 0.536. The van der Waals surface area contributed by atoms with Gasteiger partial charge in [-0.1, -0.05) is 0 Å². The van der Waals surface area contributed by atoms with E-state index in [0.717, 1.165) is 39.2 Å². The maximum atomic E-state index is 11.9. The smallest absolute Gasteiger partial charge is 0.410 e. The van der Waals surface area contributed by atoms with E-state index in [2.05, 4.69) is 11.9 Å². The number of carbonyl (C=O) groups excluding carboxylic acids is 1. The molecule has 1 fully saturated rings. The zero-order valence-corrected chi connectivity index (χ0v) is 12.9. The van der Waals surface area contributed by atoms with Gasteiger partial charge in [0.2, 0.25) is 0 Å². The number of likely N-dealkylation sites (tertiary alicyclic amines) is 1. The number of likely N-dealkylation sites (N-methyl/N-ethyl adjacent to an activating group) is 1. The molecule has 0 aromatic carbocycles. The highest BCUT2D eigenvalue weighted by atomic mass is 16.6. The van der Waals surface area contributed by atoms with E-state index in [4.69, 9.17) is 9.47 Å². The first kappa shape index (κ1) is 16.2. The van der Waals surface area contributed by atoms with Crippen LogP contribution in [-0.4, -0.2) is 68.4 Å². The van der Waals surface area contributed by atoms with Crippen LogP contribution in [-0.2, 0) is 9.47 Å². The molecule has 1 atom stereocenters. The molecule has 1 saturated heterocycles. The lowest BCUT2D eigenvalue weighted by Gasteiger charge is -2.25. The number of ether oxygens (including phenoxy) is 2. The van der Waals surface area contributed by atoms with Crippen molar-refractivity contribution >= 4 is 6.09 Å². The number of hydrogen-bond donors (Lipinski definition) is 0. The molecule has 0 aromatic heterocycles. The van der Waals surface area contributed by atoms with Gasteiger partial charge in [-0.25, -0.2) is 4.79 Å². The third kappa shape index (κ3) is 6.25. The van der Waals surface area contributed by atoms with Crippen molar-refractivity contribution < 1.29 is 14.3 Å². The standard InChI is InChI=1S/C14H28N2O3/c1-14(2,3)19-13(17)16-7-6-12(11-16)10-15(4)8-9-18-5/h12H,6-11H2,1-5H3. The Hall–Kier alpha value is -0.810. The van der Waals surface area contributed by atoms with Gasteiger partial charge in [0.05, 0.1) is 6.61 Å². The largest absolute Gasteiger partial charge is 0.444 e. The summed E-state index contributed by atoms with van der Waals surface area (Å²) in [6.07, 6.45) is 0.867. The van der Waals surface area contributed by atoms with E-state index < -0.39 is 5.60 Å². The molecule has 1 unspecified atom stereocenters. The predicted molar refractivity (Wildman–Crippen MR) is 75.3 cm³/mol. The topological polar surface area (TPSA) is 42.0 Å². The van der Waals surface area contributed by atoms with Gasteiger partial charge >= 0.3 is 6.09 Å². The first-order valence-electron chi connectivity index (χ1n) is 6.97. The lowest BCUT2D eigenvalue weighted by Crippen LogP contribution is -2.36. The van der Waals surface area contributed by atoms with E-state index in [0.29, 0.717) is 5.92 Å². The molecule has 1 aliphatic heterocycles. The van der Waals surface area contributed by atoms with Crippen LogP contribution in [0.1, 0.15) is 27.2 Å².